The number of aryl methyl sites for hydroxylation is 1. The smallest absolute Gasteiger partial charge is 0.261 e. The molecule has 2 rings (SSSR count). The first-order valence-electron chi connectivity index (χ1n) is 8.86. The molecule has 0 fully saturated rings. The molecule has 0 spiro atoms. The van der Waals surface area contributed by atoms with Crippen LogP contribution >= 0.6 is 11.6 Å². The number of nitrogens with zero attached hydrogens (tertiary/aromatic N) is 1. The molecule has 6 heteroatoms. The van der Waals surface area contributed by atoms with Crippen LogP contribution in [-0.4, -0.2) is 43.0 Å². The van der Waals surface area contributed by atoms with Gasteiger partial charge in [0, 0.05) is 18.6 Å². The second kappa shape index (κ2) is 9.97. The van der Waals surface area contributed by atoms with Crippen molar-refractivity contribution in [2.24, 2.45) is 0 Å². The lowest BCUT2D eigenvalue weighted by Crippen LogP contribution is -2.49. The zero-order chi connectivity index (χ0) is 19.8. The fraction of sp³-hybridized carbons (Fsp3) is 0.333. The molecule has 0 bridgehead atoms. The van der Waals surface area contributed by atoms with E-state index < -0.39 is 6.04 Å². The second-order valence-corrected chi connectivity index (χ2v) is 6.72. The van der Waals surface area contributed by atoms with Crippen LogP contribution in [0.3, 0.4) is 0 Å². The fourth-order valence-electron chi connectivity index (χ4n) is 2.71. The molecular formula is C21H25ClN2O3. The van der Waals surface area contributed by atoms with Crippen LogP contribution in [0.25, 0.3) is 0 Å². The molecular weight excluding hydrogens is 364 g/mol. The number of carbonyl (C=O) groups is 2. The monoisotopic (exact) mass is 388 g/mol. The third-order valence-corrected chi connectivity index (χ3v) is 4.81. The van der Waals surface area contributed by atoms with Gasteiger partial charge >= 0.3 is 0 Å². The summed E-state index contributed by atoms with van der Waals surface area (Å²) in [6.07, 6.45) is 0.661. The molecule has 0 unspecified atom stereocenters. The van der Waals surface area contributed by atoms with Gasteiger partial charge in [0.05, 0.1) is 0 Å². The molecule has 0 radical (unpaired) electrons. The number of rotatable bonds is 8. The molecule has 0 saturated carbocycles. The molecule has 0 aromatic heterocycles. The quantitative estimate of drug-likeness (QED) is 0.755. The number of hydrogen-bond donors (Lipinski definition) is 1. The Labute approximate surface area is 165 Å². The molecule has 27 heavy (non-hydrogen) atoms. The topological polar surface area (TPSA) is 58.6 Å². The van der Waals surface area contributed by atoms with Gasteiger partial charge in [-0.05, 0) is 49.6 Å². The van der Waals surface area contributed by atoms with Gasteiger partial charge in [-0.1, -0.05) is 41.9 Å². The number of carbonyl (C=O) groups excluding carboxylic acids is 2. The van der Waals surface area contributed by atoms with Crippen molar-refractivity contribution in [1.82, 2.24) is 10.2 Å². The van der Waals surface area contributed by atoms with Crippen molar-refractivity contribution in [1.29, 1.82) is 0 Å². The highest BCUT2D eigenvalue weighted by Gasteiger charge is 2.25. The first-order chi connectivity index (χ1) is 12.9. The predicted molar refractivity (Wildman–Crippen MR) is 107 cm³/mol. The lowest BCUT2D eigenvalue weighted by Gasteiger charge is -2.28. The third-order valence-electron chi connectivity index (χ3n) is 4.39. The van der Waals surface area contributed by atoms with Gasteiger partial charge in [-0.2, -0.15) is 0 Å². The zero-order valence-electron chi connectivity index (χ0n) is 15.9. The van der Waals surface area contributed by atoms with Crippen molar-refractivity contribution in [3.63, 3.8) is 0 Å². The lowest BCUT2D eigenvalue weighted by molar-refractivity contribution is -0.141. The summed E-state index contributed by atoms with van der Waals surface area (Å²) in [6.45, 7) is 3.88. The molecule has 0 heterocycles. The SMILES string of the molecule is CNC(=O)[C@H](C)N(CCc1ccccc1)C(=O)COc1ccc(Cl)c(C)c1. The van der Waals surface area contributed by atoms with Crippen molar-refractivity contribution in [3.8, 4) is 5.75 Å². The molecule has 1 atom stereocenters. The van der Waals surface area contributed by atoms with Crippen LogP contribution in [0.1, 0.15) is 18.1 Å². The number of likely N-dealkylation sites (N-methyl/N-ethyl adjacent to an activating group) is 1. The number of halogens is 1. The van der Waals surface area contributed by atoms with Gasteiger partial charge in [-0.25, -0.2) is 0 Å². The molecule has 5 nitrogen and oxygen atoms in total. The number of hydrogen-bond acceptors (Lipinski definition) is 3. The highest BCUT2D eigenvalue weighted by Crippen LogP contribution is 2.21. The van der Waals surface area contributed by atoms with E-state index in [1.54, 1.807) is 37.1 Å². The van der Waals surface area contributed by atoms with Crippen LogP contribution in [0.4, 0.5) is 0 Å². The van der Waals surface area contributed by atoms with E-state index in [-0.39, 0.29) is 18.4 Å². The van der Waals surface area contributed by atoms with E-state index in [1.807, 2.05) is 37.3 Å². The predicted octanol–water partition coefficient (Wildman–Crippen LogP) is 3.23. The van der Waals surface area contributed by atoms with Crippen LogP contribution < -0.4 is 10.1 Å². The summed E-state index contributed by atoms with van der Waals surface area (Å²) in [5, 5.41) is 3.24. The largest absolute Gasteiger partial charge is 0.484 e. The highest BCUT2D eigenvalue weighted by atomic mass is 35.5. The van der Waals surface area contributed by atoms with Crippen molar-refractivity contribution in [3.05, 3.63) is 64.7 Å². The van der Waals surface area contributed by atoms with Gasteiger partial charge in [0.15, 0.2) is 6.61 Å². The van der Waals surface area contributed by atoms with Crippen LogP contribution in [0.2, 0.25) is 5.02 Å². The van der Waals surface area contributed by atoms with E-state index >= 15 is 0 Å². The summed E-state index contributed by atoms with van der Waals surface area (Å²) in [4.78, 5) is 26.4. The van der Waals surface area contributed by atoms with Crippen LogP contribution in [0.15, 0.2) is 48.5 Å². The fourth-order valence-corrected chi connectivity index (χ4v) is 2.83. The van der Waals surface area contributed by atoms with E-state index in [4.69, 9.17) is 16.3 Å². The molecule has 0 aliphatic heterocycles. The molecule has 1 N–H and O–H groups in total. The molecule has 144 valence electrons. The van der Waals surface area contributed by atoms with Crippen LogP contribution in [0, 0.1) is 6.92 Å². The van der Waals surface area contributed by atoms with E-state index in [0.717, 1.165) is 11.1 Å². The number of benzene rings is 2. The Hall–Kier alpha value is -2.53. The molecule has 2 aromatic rings. The Balaban J connectivity index is 2.04. The van der Waals surface area contributed by atoms with Gasteiger partial charge < -0.3 is 15.0 Å². The van der Waals surface area contributed by atoms with Gasteiger partial charge in [0.25, 0.3) is 5.91 Å². The average molecular weight is 389 g/mol. The Morgan fingerprint density at radius 2 is 1.89 bits per heavy atom. The van der Waals surface area contributed by atoms with Gasteiger partial charge in [0.2, 0.25) is 5.91 Å². The minimum atomic E-state index is -0.582. The van der Waals surface area contributed by atoms with Crippen molar-refractivity contribution < 1.29 is 14.3 Å². The molecule has 0 saturated heterocycles. The maximum atomic E-state index is 12.7. The van der Waals surface area contributed by atoms with Gasteiger partial charge in [0.1, 0.15) is 11.8 Å². The lowest BCUT2D eigenvalue weighted by atomic mass is 10.1. The van der Waals surface area contributed by atoms with Crippen molar-refractivity contribution >= 4 is 23.4 Å². The Morgan fingerprint density at radius 1 is 1.19 bits per heavy atom. The summed E-state index contributed by atoms with van der Waals surface area (Å²) in [5.74, 6) is 0.120. The zero-order valence-corrected chi connectivity index (χ0v) is 16.6. The number of nitrogens with one attached hydrogen (secondary N) is 1. The molecule has 0 aliphatic carbocycles. The van der Waals surface area contributed by atoms with Crippen LogP contribution in [0.5, 0.6) is 5.75 Å². The van der Waals surface area contributed by atoms with Crippen LogP contribution in [-0.2, 0) is 16.0 Å². The molecule has 0 aliphatic rings. The van der Waals surface area contributed by atoms with Gasteiger partial charge in [-0.15, -0.1) is 0 Å². The van der Waals surface area contributed by atoms with Crippen molar-refractivity contribution in [2.75, 3.05) is 20.2 Å². The van der Waals surface area contributed by atoms with Crippen molar-refractivity contribution in [2.45, 2.75) is 26.3 Å². The van der Waals surface area contributed by atoms with E-state index in [9.17, 15) is 9.59 Å². The Morgan fingerprint density at radius 3 is 2.52 bits per heavy atom. The number of amides is 2. The first-order valence-corrected chi connectivity index (χ1v) is 9.24. The summed E-state index contributed by atoms with van der Waals surface area (Å²) < 4.78 is 5.62. The third kappa shape index (κ3) is 6.00. The van der Waals surface area contributed by atoms with E-state index in [1.165, 1.54) is 0 Å². The Kier molecular flexibility index (Phi) is 7.67. The standard InChI is InChI=1S/C21H25ClN2O3/c1-15-13-18(9-10-19(15)22)27-14-20(25)24(16(2)21(26)23-3)12-11-17-7-5-4-6-8-17/h4-10,13,16H,11-12,14H2,1-3H3,(H,23,26)/t16-/m0/s1. The summed E-state index contributed by atoms with van der Waals surface area (Å²) in [7, 11) is 1.56. The summed E-state index contributed by atoms with van der Waals surface area (Å²) in [6, 6.07) is 14.5. The number of ether oxygens (including phenoxy) is 1. The maximum Gasteiger partial charge on any atom is 0.261 e. The normalized spacial score (nSPS) is 11.6. The first kappa shape index (κ1) is 20.8. The Bertz CT molecular complexity index is 780. The maximum absolute atomic E-state index is 12.7. The second-order valence-electron chi connectivity index (χ2n) is 6.31. The minimum Gasteiger partial charge on any atom is -0.484 e. The summed E-state index contributed by atoms with van der Waals surface area (Å²) >= 11 is 6.01. The summed E-state index contributed by atoms with van der Waals surface area (Å²) in [5.41, 5.74) is 1.98. The molecule has 2 amide bonds. The van der Waals surface area contributed by atoms with E-state index in [0.29, 0.717) is 23.7 Å². The highest BCUT2D eigenvalue weighted by molar-refractivity contribution is 6.31. The van der Waals surface area contributed by atoms with E-state index in [2.05, 4.69) is 5.32 Å². The molecule has 2 aromatic carbocycles. The average Bonchev–Trinajstić information content (AvgIpc) is 2.69. The van der Waals surface area contributed by atoms with Gasteiger partial charge in [-0.3, -0.25) is 9.59 Å². The minimum absolute atomic E-state index is 0.142.